The van der Waals surface area contributed by atoms with E-state index in [0.29, 0.717) is 13.1 Å². The van der Waals surface area contributed by atoms with Crippen molar-refractivity contribution >= 4 is 17.8 Å². The third-order valence-corrected chi connectivity index (χ3v) is 5.03. The highest BCUT2D eigenvalue weighted by Crippen LogP contribution is 2.17. The van der Waals surface area contributed by atoms with Gasteiger partial charge in [-0.3, -0.25) is 24.1 Å². The minimum atomic E-state index is -0.799. The molecule has 0 unspecified atom stereocenters. The van der Waals surface area contributed by atoms with E-state index in [2.05, 4.69) is 5.10 Å². The van der Waals surface area contributed by atoms with Crippen molar-refractivity contribution in [1.82, 2.24) is 24.5 Å². The summed E-state index contributed by atoms with van der Waals surface area (Å²) < 4.78 is 1.84. The van der Waals surface area contributed by atoms with Crippen LogP contribution >= 0.6 is 0 Å². The third kappa shape index (κ3) is 4.70. The van der Waals surface area contributed by atoms with Gasteiger partial charge in [0.1, 0.15) is 0 Å². The summed E-state index contributed by atoms with van der Waals surface area (Å²) >= 11 is 0. The largest absolute Gasteiger partial charge is 0.335 e. The topological polar surface area (TPSA) is 78.8 Å². The molecule has 0 aliphatic carbocycles. The van der Waals surface area contributed by atoms with Gasteiger partial charge in [-0.05, 0) is 18.2 Å². The van der Waals surface area contributed by atoms with E-state index in [1.54, 1.807) is 18.1 Å². The normalized spacial score (nSPS) is 14.2. The number of urea groups is 1. The Morgan fingerprint density at radius 1 is 0.774 bits per heavy atom. The molecule has 1 saturated heterocycles. The van der Waals surface area contributed by atoms with Gasteiger partial charge >= 0.3 is 17.8 Å². The van der Waals surface area contributed by atoms with Gasteiger partial charge in [0, 0.05) is 18.3 Å². The summed E-state index contributed by atoms with van der Waals surface area (Å²) in [6, 6.07) is 18.6. The Kier molecular flexibility index (Phi) is 5.90. The molecule has 1 aliphatic rings. The molecule has 4 amide bonds. The molecule has 0 spiro atoms. The van der Waals surface area contributed by atoms with Gasteiger partial charge in [-0.2, -0.15) is 5.10 Å². The van der Waals surface area contributed by atoms with Crippen molar-refractivity contribution in [3.63, 3.8) is 0 Å². The van der Waals surface area contributed by atoms with E-state index >= 15 is 0 Å². The van der Waals surface area contributed by atoms with E-state index in [0.717, 1.165) is 26.5 Å². The SMILES string of the molecule is CN(Cc1cnn(Cc2ccccc2)c1)CN1C(=O)C(=O)N(Cc2ccccc2)C1=O. The predicted molar refractivity (Wildman–Crippen MR) is 113 cm³/mol. The van der Waals surface area contributed by atoms with Crippen LogP contribution in [0.5, 0.6) is 0 Å². The van der Waals surface area contributed by atoms with Crippen molar-refractivity contribution in [1.29, 1.82) is 0 Å². The van der Waals surface area contributed by atoms with E-state index < -0.39 is 17.8 Å². The smallest absolute Gasteiger partial charge is 0.284 e. The Labute approximate surface area is 180 Å². The number of carbonyl (C=O) groups excluding carboxylic acids is 3. The first-order valence-corrected chi connectivity index (χ1v) is 9.96. The van der Waals surface area contributed by atoms with Crippen molar-refractivity contribution in [3.8, 4) is 0 Å². The average molecular weight is 417 g/mol. The highest BCUT2D eigenvalue weighted by Gasteiger charge is 2.44. The predicted octanol–water partition coefficient (Wildman–Crippen LogP) is 2.31. The molecule has 0 saturated carbocycles. The van der Waals surface area contributed by atoms with Gasteiger partial charge in [-0.1, -0.05) is 60.7 Å². The fraction of sp³-hybridized carbons (Fsp3) is 0.217. The lowest BCUT2D eigenvalue weighted by Crippen LogP contribution is -2.40. The Morgan fingerprint density at radius 3 is 2.00 bits per heavy atom. The molecule has 0 bridgehead atoms. The fourth-order valence-corrected chi connectivity index (χ4v) is 3.53. The first kappa shape index (κ1) is 20.5. The van der Waals surface area contributed by atoms with Crippen LogP contribution in [0, 0.1) is 0 Å². The van der Waals surface area contributed by atoms with Crippen LogP contribution in [-0.4, -0.2) is 56.0 Å². The van der Waals surface area contributed by atoms with Crippen LogP contribution in [0.15, 0.2) is 73.1 Å². The maximum atomic E-state index is 12.7. The Morgan fingerprint density at radius 2 is 1.35 bits per heavy atom. The maximum absolute atomic E-state index is 12.7. The molecular formula is C23H23N5O3. The van der Waals surface area contributed by atoms with Gasteiger partial charge in [-0.15, -0.1) is 0 Å². The van der Waals surface area contributed by atoms with E-state index in [4.69, 9.17) is 0 Å². The number of hydrogen-bond acceptors (Lipinski definition) is 5. The van der Waals surface area contributed by atoms with Crippen molar-refractivity contribution in [2.75, 3.05) is 13.7 Å². The molecule has 1 aromatic heterocycles. The first-order valence-electron chi connectivity index (χ1n) is 9.96. The van der Waals surface area contributed by atoms with E-state index in [1.807, 2.05) is 71.5 Å². The summed E-state index contributed by atoms with van der Waals surface area (Å²) in [7, 11) is 1.79. The van der Waals surface area contributed by atoms with Gasteiger partial charge in [0.15, 0.2) is 0 Å². The molecule has 1 aliphatic heterocycles. The number of imide groups is 2. The van der Waals surface area contributed by atoms with Crippen LogP contribution in [0.2, 0.25) is 0 Å². The number of amides is 4. The summed E-state index contributed by atoms with van der Waals surface area (Å²) in [5.74, 6) is -1.59. The number of rotatable bonds is 8. The molecule has 8 nitrogen and oxygen atoms in total. The summed E-state index contributed by atoms with van der Waals surface area (Å²) in [6.07, 6.45) is 3.70. The van der Waals surface area contributed by atoms with Crippen LogP contribution in [-0.2, 0) is 29.2 Å². The molecule has 1 fully saturated rings. The van der Waals surface area contributed by atoms with Crippen molar-refractivity contribution in [2.45, 2.75) is 19.6 Å². The maximum Gasteiger partial charge on any atom is 0.335 e. The zero-order valence-electron chi connectivity index (χ0n) is 17.2. The molecule has 31 heavy (non-hydrogen) atoms. The van der Waals surface area contributed by atoms with Crippen LogP contribution in [0.4, 0.5) is 4.79 Å². The quantitative estimate of drug-likeness (QED) is 0.415. The Hall–Kier alpha value is -3.78. The molecule has 4 rings (SSSR count). The lowest BCUT2D eigenvalue weighted by Gasteiger charge is -2.22. The first-order chi connectivity index (χ1) is 15.0. The summed E-state index contributed by atoms with van der Waals surface area (Å²) in [5, 5.41) is 4.38. The molecule has 2 heterocycles. The molecular weight excluding hydrogens is 394 g/mol. The minimum absolute atomic E-state index is 0.0264. The van der Waals surface area contributed by atoms with Gasteiger partial charge in [-0.25, -0.2) is 9.69 Å². The van der Waals surface area contributed by atoms with Crippen molar-refractivity contribution in [2.24, 2.45) is 0 Å². The zero-order valence-corrected chi connectivity index (χ0v) is 17.2. The second kappa shape index (κ2) is 8.93. The van der Waals surface area contributed by atoms with E-state index in [-0.39, 0.29) is 13.2 Å². The molecule has 2 aromatic carbocycles. The van der Waals surface area contributed by atoms with Crippen molar-refractivity contribution < 1.29 is 14.4 Å². The molecule has 0 radical (unpaired) electrons. The Bertz CT molecular complexity index is 1080. The molecule has 0 atom stereocenters. The Balaban J connectivity index is 1.36. The van der Waals surface area contributed by atoms with Gasteiger partial charge in [0.05, 0.1) is 26.0 Å². The highest BCUT2D eigenvalue weighted by molar-refractivity contribution is 6.44. The van der Waals surface area contributed by atoms with Crippen LogP contribution < -0.4 is 0 Å². The van der Waals surface area contributed by atoms with Crippen LogP contribution in [0.3, 0.4) is 0 Å². The monoisotopic (exact) mass is 417 g/mol. The van der Waals surface area contributed by atoms with Crippen LogP contribution in [0.1, 0.15) is 16.7 Å². The molecule has 0 N–H and O–H groups in total. The minimum Gasteiger partial charge on any atom is -0.284 e. The number of benzene rings is 2. The van der Waals surface area contributed by atoms with Crippen molar-refractivity contribution in [3.05, 3.63) is 89.7 Å². The van der Waals surface area contributed by atoms with E-state index in [1.165, 1.54) is 0 Å². The van der Waals surface area contributed by atoms with Gasteiger partial charge in [0.2, 0.25) is 0 Å². The third-order valence-electron chi connectivity index (χ3n) is 5.03. The zero-order chi connectivity index (χ0) is 21.8. The van der Waals surface area contributed by atoms with E-state index in [9.17, 15) is 14.4 Å². The second-order valence-electron chi connectivity index (χ2n) is 7.58. The fourth-order valence-electron chi connectivity index (χ4n) is 3.53. The molecule has 158 valence electrons. The second-order valence-corrected chi connectivity index (χ2v) is 7.58. The highest BCUT2D eigenvalue weighted by atomic mass is 16.2. The number of nitrogens with zero attached hydrogens (tertiary/aromatic N) is 5. The average Bonchev–Trinajstić information content (AvgIpc) is 3.29. The standard InChI is InChI=1S/C23H23N5O3/c1-25(13-20-12-24-26(15-20)14-18-8-4-2-5-9-18)17-28-22(30)21(29)27(23(28)31)16-19-10-6-3-7-11-19/h2-12,15H,13-14,16-17H2,1H3. The number of aromatic nitrogens is 2. The number of carbonyl (C=O) groups is 3. The lowest BCUT2D eigenvalue weighted by molar-refractivity contribution is -0.144. The lowest BCUT2D eigenvalue weighted by atomic mass is 10.2. The number of hydrogen-bond donors (Lipinski definition) is 0. The molecule has 3 aromatic rings. The van der Waals surface area contributed by atoms with Gasteiger partial charge in [0.25, 0.3) is 0 Å². The van der Waals surface area contributed by atoms with Gasteiger partial charge < -0.3 is 0 Å². The summed E-state index contributed by atoms with van der Waals surface area (Å²) in [5.41, 5.74) is 2.89. The summed E-state index contributed by atoms with van der Waals surface area (Å²) in [6.45, 7) is 1.25. The molecule has 8 heteroatoms. The summed E-state index contributed by atoms with van der Waals surface area (Å²) in [4.78, 5) is 41.2. The van der Waals surface area contributed by atoms with Crippen LogP contribution in [0.25, 0.3) is 0 Å².